The fourth-order valence-electron chi connectivity index (χ4n) is 2.11. The molecule has 0 spiro atoms. The van der Waals surface area contributed by atoms with E-state index in [1.165, 1.54) is 0 Å². The van der Waals surface area contributed by atoms with Gasteiger partial charge in [-0.2, -0.15) is 0 Å². The van der Waals surface area contributed by atoms with Crippen LogP contribution >= 0.6 is 0 Å². The van der Waals surface area contributed by atoms with Crippen LogP contribution in [0.15, 0.2) is 18.3 Å². The number of pyridine rings is 1. The molecule has 0 aliphatic heterocycles. The third kappa shape index (κ3) is 8.15. The first-order valence-electron chi connectivity index (χ1n) is 8.37. The standard InChI is InChI=1S/C18H31N3O3/c1-13(2)15(12-21-17(22)24-18(3,4)5)11-19-9-14-7-8-16(23-6)20-10-14/h7-8,10,13,15,19H,9,11-12H2,1-6H3,(H,21,22). The third-order valence-corrected chi connectivity index (χ3v) is 3.59. The quantitative estimate of drug-likeness (QED) is 0.763. The maximum Gasteiger partial charge on any atom is 0.407 e. The zero-order valence-corrected chi connectivity index (χ0v) is 15.7. The second kappa shape index (κ2) is 9.47. The van der Waals surface area contributed by atoms with Crippen LogP contribution in [-0.4, -0.2) is 36.9 Å². The largest absolute Gasteiger partial charge is 0.481 e. The van der Waals surface area contributed by atoms with E-state index < -0.39 is 5.60 Å². The first-order valence-corrected chi connectivity index (χ1v) is 8.37. The molecule has 0 bridgehead atoms. The van der Waals surface area contributed by atoms with Crippen LogP contribution in [0.5, 0.6) is 5.88 Å². The molecule has 0 saturated carbocycles. The molecule has 1 amide bonds. The van der Waals surface area contributed by atoms with Crippen LogP contribution in [0.3, 0.4) is 0 Å². The Labute approximate surface area is 145 Å². The van der Waals surface area contributed by atoms with Crippen molar-refractivity contribution < 1.29 is 14.3 Å². The molecule has 0 fully saturated rings. The van der Waals surface area contributed by atoms with Gasteiger partial charge in [0.15, 0.2) is 0 Å². The van der Waals surface area contributed by atoms with Gasteiger partial charge in [0.1, 0.15) is 5.60 Å². The lowest BCUT2D eigenvalue weighted by Crippen LogP contribution is -2.39. The van der Waals surface area contributed by atoms with Crippen molar-refractivity contribution in [2.24, 2.45) is 11.8 Å². The van der Waals surface area contributed by atoms with Crippen molar-refractivity contribution in [1.29, 1.82) is 0 Å². The number of hydrogen-bond acceptors (Lipinski definition) is 5. The van der Waals surface area contributed by atoms with Crippen molar-refractivity contribution in [2.45, 2.75) is 46.8 Å². The summed E-state index contributed by atoms with van der Waals surface area (Å²) in [5.41, 5.74) is 0.621. The number of amides is 1. The van der Waals surface area contributed by atoms with E-state index in [1.54, 1.807) is 13.3 Å². The van der Waals surface area contributed by atoms with Gasteiger partial charge in [-0.25, -0.2) is 9.78 Å². The Morgan fingerprint density at radius 2 is 1.96 bits per heavy atom. The Morgan fingerprint density at radius 1 is 1.25 bits per heavy atom. The Bertz CT molecular complexity index is 495. The molecular weight excluding hydrogens is 306 g/mol. The second-order valence-electron chi connectivity index (χ2n) is 7.23. The van der Waals surface area contributed by atoms with Crippen LogP contribution in [0.1, 0.15) is 40.2 Å². The molecule has 1 aromatic rings. The number of hydrogen-bond donors (Lipinski definition) is 2. The first-order chi connectivity index (χ1) is 11.2. The van der Waals surface area contributed by atoms with E-state index in [4.69, 9.17) is 9.47 Å². The Kier molecular flexibility index (Phi) is 7.98. The molecule has 0 saturated heterocycles. The number of methoxy groups -OCH3 is 1. The van der Waals surface area contributed by atoms with Crippen LogP contribution in [0.25, 0.3) is 0 Å². The molecule has 1 heterocycles. The van der Waals surface area contributed by atoms with Gasteiger partial charge in [0, 0.05) is 31.9 Å². The lowest BCUT2D eigenvalue weighted by Gasteiger charge is -2.24. The Morgan fingerprint density at radius 3 is 2.46 bits per heavy atom. The summed E-state index contributed by atoms with van der Waals surface area (Å²) in [5, 5.41) is 6.27. The molecular formula is C18H31N3O3. The molecule has 0 aromatic carbocycles. The fraction of sp³-hybridized carbons (Fsp3) is 0.667. The summed E-state index contributed by atoms with van der Waals surface area (Å²) in [4.78, 5) is 16.0. The van der Waals surface area contributed by atoms with E-state index >= 15 is 0 Å². The predicted molar refractivity (Wildman–Crippen MR) is 95.1 cm³/mol. The molecule has 2 N–H and O–H groups in total. The zero-order chi connectivity index (χ0) is 18.2. The Balaban J connectivity index is 2.38. The highest BCUT2D eigenvalue weighted by Crippen LogP contribution is 2.11. The summed E-state index contributed by atoms with van der Waals surface area (Å²) >= 11 is 0. The number of nitrogens with one attached hydrogen (secondary N) is 2. The number of ether oxygens (including phenoxy) is 2. The fourth-order valence-corrected chi connectivity index (χ4v) is 2.11. The van der Waals surface area contributed by atoms with Crippen molar-refractivity contribution in [3.8, 4) is 5.88 Å². The molecule has 1 atom stereocenters. The maximum atomic E-state index is 11.8. The molecule has 6 heteroatoms. The van der Waals surface area contributed by atoms with Crippen LogP contribution < -0.4 is 15.4 Å². The van der Waals surface area contributed by atoms with Gasteiger partial charge in [-0.05, 0) is 38.2 Å². The van der Waals surface area contributed by atoms with Crippen molar-refractivity contribution in [2.75, 3.05) is 20.2 Å². The topological polar surface area (TPSA) is 72.5 Å². The average molecular weight is 337 g/mol. The summed E-state index contributed by atoms with van der Waals surface area (Å²) in [5.74, 6) is 1.38. The monoisotopic (exact) mass is 337 g/mol. The van der Waals surface area contributed by atoms with Crippen molar-refractivity contribution in [3.63, 3.8) is 0 Å². The third-order valence-electron chi connectivity index (χ3n) is 3.59. The smallest absolute Gasteiger partial charge is 0.407 e. The summed E-state index contributed by atoms with van der Waals surface area (Å²) < 4.78 is 10.3. The molecule has 0 radical (unpaired) electrons. The molecule has 1 unspecified atom stereocenters. The van der Waals surface area contributed by atoms with Crippen LogP contribution in [0.2, 0.25) is 0 Å². The minimum absolute atomic E-state index is 0.323. The highest BCUT2D eigenvalue weighted by molar-refractivity contribution is 5.67. The van der Waals surface area contributed by atoms with E-state index in [0.717, 1.165) is 18.7 Å². The van der Waals surface area contributed by atoms with Crippen molar-refractivity contribution in [1.82, 2.24) is 15.6 Å². The number of nitrogens with zero attached hydrogens (tertiary/aromatic N) is 1. The zero-order valence-electron chi connectivity index (χ0n) is 15.7. The van der Waals surface area contributed by atoms with Gasteiger partial charge < -0.3 is 20.1 Å². The SMILES string of the molecule is COc1ccc(CNCC(CNC(=O)OC(C)(C)C)C(C)C)cn1. The highest BCUT2D eigenvalue weighted by Gasteiger charge is 2.18. The highest BCUT2D eigenvalue weighted by atomic mass is 16.6. The van der Waals surface area contributed by atoms with Crippen LogP contribution in [0.4, 0.5) is 4.79 Å². The summed E-state index contributed by atoms with van der Waals surface area (Å²) in [6.07, 6.45) is 1.43. The normalized spacial score (nSPS) is 12.8. The molecule has 1 rings (SSSR count). The van der Waals surface area contributed by atoms with Gasteiger partial charge >= 0.3 is 6.09 Å². The summed E-state index contributed by atoms with van der Waals surface area (Å²) in [7, 11) is 1.60. The number of carbonyl (C=O) groups excluding carboxylic acids is 1. The van der Waals surface area contributed by atoms with Gasteiger partial charge in [0.25, 0.3) is 0 Å². The van der Waals surface area contributed by atoms with Crippen molar-refractivity contribution in [3.05, 3.63) is 23.9 Å². The lowest BCUT2D eigenvalue weighted by atomic mass is 9.95. The molecule has 0 aliphatic carbocycles. The van der Waals surface area contributed by atoms with Gasteiger partial charge in [-0.1, -0.05) is 19.9 Å². The van der Waals surface area contributed by atoms with Crippen molar-refractivity contribution >= 4 is 6.09 Å². The average Bonchev–Trinajstić information content (AvgIpc) is 2.49. The lowest BCUT2D eigenvalue weighted by molar-refractivity contribution is 0.0515. The second-order valence-corrected chi connectivity index (χ2v) is 7.23. The molecule has 0 aliphatic rings. The minimum atomic E-state index is -0.475. The van der Waals surface area contributed by atoms with Gasteiger partial charge in [0.2, 0.25) is 5.88 Å². The number of carbonyl (C=O) groups is 1. The van der Waals surface area contributed by atoms with E-state index in [-0.39, 0.29) is 6.09 Å². The van der Waals surface area contributed by atoms with E-state index in [9.17, 15) is 4.79 Å². The predicted octanol–water partition coefficient (Wildman–Crippen LogP) is 2.98. The van der Waals surface area contributed by atoms with E-state index in [2.05, 4.69) is 29.5 Å². The molecule has 24 heavy (non-hydrogen) atoms. The van der Waals surface area contributed by atoms with Gasteiger partial charge in [0.05, 0.1) is 7.11 Å². The number of aromatic nitrogens is 1. The summed E-state index contributed by atoms with van der Waals surface area (Å²) in [6.45, 7) is 12.0. The molecule has 136 valence electrons. The van der Waals surface area contributed by atoms with Gasteiger partial charge in [-0.3, -0.25) is 0 Å². The first kappa shape index (κ1) is 20.2. The van der Waals surface area contributed by atoms with E-state index in [0.29, 0.717) is 24.3 Å². The minimum Gasteiger partial charge on any atom is -0.481 e. The molecule has 1 aromatic heterocycles. The maximum absolute atomic E-state index is 11.8. The van der Waals surface area contributed by atoms with Crippen LogP contribution in [0, 0.1) is 11.8 Å². The number of alkyl carbamates (subject to hydrolysis) is 1. The molecule has 6 nitrogen and oxygen atoms in total. The van der Waals surface area contributed by atoms with Gasteiger partial charge in [-0.15, -0.1) is 0 Å². The number of rotatable bonds is 8. The summed E-state index contributed by atoms with van der Waals surface area (Å²) in [6, 6.07) is 3.84. The Hall–Kier alpha value is -1.82. The van der Waals surface area contributed by atoms with E-state index in [1.807, 2.05) is 32.9 Å². The van der Waals surface area contributed by atoms with Crippen LogP contribution in [-0.2, 0) is 11.3 Å².